The third-order valence-corrected chi connectivity index (χ3v) is 2.96. The van der Waals surface area contributed by atoms with E-state index in [1.54, 1.807) is 6.07 Å². The van der Waals surface area contributed by atoms with Gasteiger partial charge in [0.2, 0.25) is 0 Å². The van der Waals surface area contributed by atoms with Crippen LogP contribution in [0.25, 0.3) is 0 Å². The Morgan fingerprint density at radius 3 is 2.41 bits per heavy atom. The Morgan fingerprint density at radius 1 is 1.24 bits per heavy atom. The van der Waals surface area contributed by atoms with Crippen molar-refractivity contribution in [1.82, 2.24) is 0 Å². The van der Waals surface area contributed by atoms with E-state index >= 15 is 0 Å². The van der Waals surface area contributed by atoms with E-state index in [0.717, 1.165) is 16.8 Å². The average molecular weight is 294 g/mol. The molecule has 0 spiro atoms. The summed E-state index contributed by atoms with van der Waals surface area (Å²) >= 11 is 3.18. The highest BCUT2D eigenvalue weighted by Crippen LogP contribution is 2.20. The Bertz CT molecular complexity index is 540. The van der Waals surface area contributed by atoms with Crippen molar-refractivity contribution in [2.45, 2.75) is 13.8 Å². The number of halogens is 1. The summed E-state index contributed by atoms with van der Waals surface area (Å²) in [4.78, 5) is 11.9. The van der Waals surface area contributed by atoms with E-state index in [9.17, 15) is 4.79 Å². The van der Waals surface area contributed by atoms with Gasteiger partial charge in [-0.15, -0.1) is 0 Å². The zero-order valence-corrected chi connectivity index (χ0v) is 11.2. The maximum Gasteiger partial charge on any atom is 0.260 e. The number of carbonyl (C=O) groups excluding carboxylic acids is 1. The van der Waals surface area contributed by atoms with E-state index in [-0.39, 0.29) is 5.91 Å². The van der Waals surface area contributed by atoms with Crippen molar-refractivity contribution in [1.29, 1.82) is 0 Å². The van der Waals surface area contributed by atoms with Gasteiger partial charge in [0, 0.05) is 5.69 Å². The van der Waals surface area contributed by atoms with Gasteiger partial charge < -0.3 is 9.73 Å². The Kier molecular flexibility index (Phi) is 3.33. The Morgan fingerprint density at radius 2 is 1.88 bits per heavy atom. The van der Waals surface area contributed by atoms with Crippen LogP contribution >= 0.6 is 15.9 Å². The summed E-state index contributed by atoms with van der Waals surface area (Å²) in [5, 5.41) is 2.84. The number of benzene rings is 1. The van der Waals surface area contributed by atoms with Crippen LogP contribution in [0.1, 0.15) is 21.5 Å². The number of nitrogens with one attached hydrogen (secondary N) is 1. The van der Waals surface area contributed by atoms with E-state index in [2.05, 4.69) is 27.3 Å². The molecule has 0 atom stereocenters. The van der Waals surface area contributed by atoms with Crippen molar-refractivity contribution in [2.24, 2.45) is 0 Å². The summed E-state index contributed by atoms with van der Waals surface area (Å²) in [5.41, 5.74) is 3.52. The van der Waals surface area contributed by atoms with Crippen LogP contribution in [-0.4, -0.2) is 5.91 Å². The van der Waals surface area contributed by atoms with Crippen LogP contribution in [0.15, 0.2) is 39.6 Å². The van der Waals surface area contributed by atoms with E-state index < -0.39 is 0 Å². The topological polar surface area (TPSA) is 42.2 Å². The van der Waals surface area contributed by atoms with Crippen molar-refractivity contribution in [3.8, 4) is 0 Å². The number of rotatable bonds is 2. The molecule has 0 aliphatic rings. The molecule has 1 aromatic heterocycles. The zero-order chi connectivity index (χ0) is 12.4. The van der Waals surface area contributed by atoms with Gasteiger partial charge in [-0.25, -0.2) is 0 Å². The van der Waals surface area contributed by atoms with Crippen LogP contribution in [0.4, 0.5) is 5.69 Å². The van der Waals surface area contributed by atoms with Gasteiger partial charge in [0.1, 0.15) is 0 Å². The quantitative estimate of drug-likeness (QED) is 0.912. The van der Waals surface area contributed by atoms with Gasteiger partial charge in [-0.1, -0.05) is 6.07 Å². The molecule has 3 nitrogen and oxygen atoms in total. The second-order valence-electron chi connectivity index (χ2n) is 3.94. The van der Waals surface area contributed by atoms with Gasteiger partial charge in [-0.2, -0.15) is 0 Å². The molecule has 1 amide bonds. The van der Waals surface area contributed by atoms with Crippen molar-refractivity contribution >= 4 is 27.5 Å². The molecule has 0 bridgehead atoms. The minimum absolute atomic E-state index is 0.185. The van der Waals surface area contributed by atoms with Crippen molar-refractivity contribution in [2.75, 3.05) is 5.32 Å². The minimum atomic E-state index is -0.185. The molecule has 0 saturated carbocycles. The number of aryl methyl sites for hydroxylation is 2. The third-order valence-electron chi connectivity index (χ3n) is 2.34. The first-order valence-corrected chi connectivity index (χ1v) is 5.98. The summed E-state index contributed by atoms with van der Waals surface area (Å²) in [5.74, 6) is -0.185. The minimum Gasteiger partial charge on any atom is -0.457 e. The molecule has 0 fully saturated rings. The molecule has 0 radical (unpaired) electrons. The van der Waals surface area contributed by atoms with Crippen LogP contribution in [0.3, 0.4) is 0 Å². The maximum absolute atomic E-state index is 11.9. The predicted octanol–water partition coefficient (Wildman–Crippen LogP) is 3.91. The van der Waals surface area contributed by atoms with Crippen molar-refractivity contribution in [3.63, 3.8) is 0 Å². The highest BCUT2D eigenvalue weighted by Gasteiger charge is 2.12. The first-order valence-electron chi connectivity index (χ1n) is 5.19. The summed E-state index contributed by atoms with van der Waals surface area (Å²) in [6.07, 6.45) is 1.47. The Labute approximate surface area is 108 Å². The number of anilines is 1. The summed E-state index contributed by atoms with van der Waals surface area (Å²) < 4.78 is 5.47. The molecule has 88 valence electrons. The molecule has 1 heterocycles. The van der Waals surface area contributed by atoms with Crippen LogP contribution in [0, 0.1) is 13.8 Å². The molecule has 17 heavy (non-hydrogen) atoms. The molecule has 0 aliphatic carbocycles. The Hall–Kier alpha value is -1.55. The zero-order valence-electron chi connectivity index (χ0n) is 9.58. The molecule has 0 unspecified atom stereocenters. The normalized spacial score (nSPS) is 10.3. The lowest BCUT2D eigenvalue weighted by molar-refractivity contribution is 0.102. The number of carbonyl (C=O) groups is 1. The van der Waals surface area contributed by atoms with E-state index in [1.165, 1.54) is 6.26 Å². The molecule has 0 aliphatic heterocycles. The van der Waals surface area contributed by atoms with E-state index in [1.807, 2.05) is 26.0 Å². The highest BCUT2D eigenvalue weighted by atomic mass is 79.9. The van der Waals surface area contributed by atoms with E-state index in [0.29, 0.717) is 10.2 Å². The smallest absolute Gasteiger partial charge is 0.260 e. The van der Waals surface area contributed by atoms with Gasteiger partial charge in [0.05, 0.1) is 11.8 Å². The SMILES string of the molecule is Cc1cc(C)cc(NC(=O)c2ccoc2Br)c1. The lowest BCUT2D eigenvalue weighted by Crippen LogP contribution is -2.11. The van der Waals surface area contributed by atoms with Crippen LogP contribution in [-0.2, 0) is 0 Å². The first kappa shape index (κ1) is 11.9. The standard InChI is InChI=1S/C13H12BrNO2/c1-8-5-9(2)7-10(6-8)15-13(16)11-3-4-17-12(11)14/h3-7H,1-2H3,(H,15,16). The van der Waals surface area contributed by atoms with Crippen molar-refractivity contribution < 1.29 is 9.21 Å². The van der Waals surface area contributed by atoms with Gasteiger partial charge in [0.15, 0.2) is 4.67 Å². The fourth-order valence-corrected chi connectivity index (χ4v) is 2.12. The van der Waals surface area contributed by atoms with Gasteiger partial charge in [-0.05, 0) is 59.1 Å². The molecular weight excluding hydrogens is 282 g/mol. The van der Waals surface area contributed by atoms with Crippen LogP contribution < -0.4 is 5.32 Å². The predicted molar refractivity (Wildman–Crippen MR) is 70.3 cm³/mol. The number of furan rings is 1. The number of hydrogen-bond acceptors (Lipinski definition) is 2. The summed E-state index contributed by atoms with van der Waals surface area (Å²) in [6.45, 7) is 3.99. The monoisotopic (exact) mass is 293 g/mol. The molecule has 1 N–H and O–H groups in total. The largest absolute Gasteiger partial charge is 0.457 e. The molecule has 2 rings (SSSR count). The lowest BCUT2D eigenvalue weighted by Gasteiger charge is -2.06. The molecule has 0 saturated heterocycles. The second kappa shape index (κ2) is 4.75. The molecule has 4 heteroatoms. The summed E-state index contributed by atoms with van der Waals surface area (Å²) in [7, 11) is 0. The van der Waals surface area contributed by atoms with Gasteiger partial charge in [-0.3, -0.25) is 4.79 Å². The maximum atomic E-state index is 11.9. The fourth-order valence-electron chi connectivity index (χ4n) is 1.70. The Balaban J connectivity index is 2.21. The van der Waals surface area contributed by atoms with Crippen LogP contribution in [0.2, 0.25) is 0 Å². The highest BCUT2D eigenvalue weighted by molar-refractivity contribution is 9.10. The fraction of sp³-hybridized carbons (Fsp3) is 0.154. The lowest BCUT2D eigenvalue weighted by atomic mass is 10.1. The average Bonchev–Trinajstić information content (AvgIpc) is 2.62. The van der Waals surface area contributed by atoms with Crippen LogP contribution in [0.5, 0.6) is 0 Å². The molecule has 2 aromatic rings. The second-order valence-corrected chi connectivity index (χ2v) is 4.66. The van der Waals surface area contributed by atoms with Gasteiger partial charge >= 0.3 is 0 Å². The third kappa shape index (κ3) is 2.77. The van der Waals surface area contributed by atoms with E-state index in [4.69, 9.17) is 4.42 Å². The summed E-state index contributed by atoms with van der Waals surface area (Å²) in [6, 6.07) is 7.54. The van der Waals surface area contributed by atoms with Crippen molar-refractivity contribution in [3.05, 3.63) is 51.9 Å². The molecule has 1 aromatic carbocycles. The number of hydrogen-bond donors (Lipinski definition) is 1. The number of amides is 1. The first-order chi connectivity index (χ1) is 8.06. The van der Waals surface area contributed by atoms with Gasteiger partial charge in [0.25, 0.3) is 5.91 Å². The molecular formula is C13H12BrNO2.